The number of phosphoric acid groups is 2. The monoisotopic (exact) mass is 460 g/mol. The molecule has 30 heavy (non-hydrogen) atoms. The third-order valence-corrected chi connectivity index (χ3v) is 5.04. The Bertz CT molecular complexity index is 726. The molecule has 2 aromatic carbocycles. The third-order valence-electron chi connectivity index (χ3n) is 3.67. The van der Waals surface area contributed by atoms with Crippen LogP contribution in [0.5, 0.6) is 11.5 Å². The van der Waals surface area contributed by atoms with E-state index in [1.54, 1.807) is 24.3 Å². The van der Waals surface area contributed by atoms with Crippen molar-refractivity contribution in [2.24, 2.45) is 0 Å². The van der Waals surface area contributed by atoms with E-state index in [9.17, 15) is 4.57 Å². The molecule has 0 atom stereocenters. The summed E-state index contributed by atoms with van der Waals surface area (Å²) in [5.41, 5.74) is 0. The fourth-order valence-corrected chi connectivity index (χ4v) is 3.61. The summed E-state index contributed by atoms with van der Waals surface area (Å²) < 4.78 is 38.6. The smallest absolute Gasteiger partial charge is 0.395 e. The van der Waals surface area contributed by atoms with Crippen molar-refractivity contribution in [3.05, 3.63) is 60.7 Å². The molecule has 0 amide bonds. The Labute approximate surface area is 177 Å². The van der Waals surface area contributed by atoms with Gasteiger partial charge in [-0.2, -0.15) is 0 Å². The Balaban J connectivity index is 0.000000804. The van der Waals surface area contributed by atoms with Gasteiger partial charge in [-0.15, -0.1) is 0 Å². The second-order valence-electron chi connectivity index (χ2n) is 6.37. The lowest BCUT2D eigenvalue weighted by atomic mass is 10.1. The van der Waals surface area contributed by atoms with E-state index in [2.05, 4.69) is 6.92 Å². The molecule has 0 heterocycles. The first-order chi connectivity index (χ1) is 14.2. The van der Waals surface area contributed by atoms with Gasteiger partial charge in [0.05, 0.1) is 6.61 Å². The summed E-state index contributed by atoms with van der Waals surface area (Å²) in [4.78, 5) is 21.6. The van der Waals surface area contributed by atoms with Crippen molar-refractivity contribution in [2.45, 2.75) is 45.4 Å². The predicted octanol–water partition coefficient (Wildman–Crippen LogP) is 5.70. The first kappa shape index (κ1) is 26.4. The molecule has 0 aliphatic rings. The lowest BCUT2D eigenvalue weighted by Crippen LogP contribution is -2.06. The summed E-state index contributed by atoms with van der Waals surface area (Å²) in [6, 6.07) is 17.9. The van der Waals surface area contributed by atoms with Gasteiger partial charge in [0.25, 0.3) is 0 Å². The van der Waals surface area contributed by atoms with Gasteiger partial charge in [-0.1, -0.05) is 75.4 Å². The van der Waals surface area contributed by atoms with Crippen LogP contribution in [0, 0.1) is 0 Å². The van der Waals surface area contributed by atoms with Crippen LogP contribution in [0.2, 0.25) is 0 Å². The minimum atomic E-state index is -4.64. The van der Waals surface area contributed by atoms with Crippen molar-refractivity contribution in [1.82, 2.24) is 0 Å². The molecule has 0 saturated carbocycles. The van der Waals surface area contributed by atoms with Gasteiger partial charge in [-0.25, -0.2) is 9.13 Å². The topological polar surface area (TPSA) is 123 Å². The molecular weight excluding hydrogens is 430 g/mol. The van der Waals surface area contributed by atoms with E-state index in [4.69, 9.17) is 32.8 Å². The number of hydrogen-bond acceptors (Lipinski definition) is 5. The van der Waals surface area contributed by atoms with E-state index >= 15 is 0 Å². The largest absolute Gasteiger partial charge is 0.587 e. The third kappa shape index (κ3) is 14.3. The maximum atomic E-state index is 13.0. The molecule has 0 aromatic heterocycles. The summed E-state index contributed by atoms with van der Waals surface area (Å²) in [6.07, 6.45) is 6.77. The zero-order valence-electron chi connectivity index (χ0n) is 17.0. The van der Waals surface area contributed by atoms with Crippen molar-refractivity contribution < 1.29 is 37.4 Å². The van der Waals surface area contributed by atoms with Gasteiger partial charge in [0.15, 0.2) is 0 Å². The molecule has 0 saturated heterocycles. The highest BCUT2D eigenvalue weighted by Gasteiger charge is 2.30. The second-order valence-corrected chi connectivity index (χ2v) is 8.91. The summed E-state index contributed by atoms with van der Waals surface area (Å²) in [5, 5.41) is 0. The van der Waals surface area contributed by atoms with Gasteiger partial charge in [0, 0.05) is 0 Å². The van der Waals surface area contributed by atoms with Crippen molar-refractivity contribution in [3.8, 4) is 11.5 Å². The van der Waals surface area contributed by atoms with Crippen molar-refractivity contribution >= 4 is 15.6 Å². The molecule has 3 N–H and O–H groups in total. The highest BCUT2D eigenvalue weighted by atomic mass is 31.2. The SMILES string of the molecule is CCCCCCCCOP(=O)(Oc1ccccc1)Oc1ccccc1.O=P(O)(O)O. The number of unbranched alkanes of at least 4 members (excludes halogenated alkanes) is 5. The zero-order chi connectivity index (χ0) is 22.3. The molecule has 0 aliphatic heterocycles. The van der Waals surface area contributed by atoms with Crippen molar-refractivity contribution in [2.75, 3.05) is 6.61 Å². The summed E-state index contributed by atoms with van der Waals surface area (Å²) in [6.45, 7) is 2.55. The zero-order valence-corrected chi connectivity index (χ0v) is 18.8. The van der Waals surface area contributed by atoms with E-state index in [0.29, 0.717) is 18.1 Å². The number of para-hydroxylation sites is 2. The summed E-state index contributed by atoms with van der Waals surface area (Å²) >= 11 is 0. The average Bonchev–Trinajstić information content (AvgIpc) is 2.67. The molecule has 0 bridgehead atoms. The molecule has 10 heteroatoms. The van der Waals surface area contributed by atoms with E-state index < -0.39 is 15.6 Å². The Kier molecular flexibility index (Phi) is 12.6. The van der Waals surface area contributed by atoms with Gasteiger partial charge in [-0.05, 0) is 30.7 Å². The lowest BCUT2D eigenvalue weighted by molar-refractivity contribution is 0.205. The fourth-order valence-electron chi connectivity index (χ4n) is 2.35. The van der Waals surface area contributed by atoms with Crippen LogP contribution in [0.3, 0.4) is 0 Å². The van der Waals surface area contributed by atoms with E-state index in [1.165, 1.54) is 25.7 Å². The van der Waals surface area contributed by atoms with Crippen molar-refractivity contribution in [3.63, 3.8) is 0 Å². The molecule has 0 radical (unpaired) electrons. The normalized spacial score (nSPS) is 11.3. The minimum absolute atomic E-state index is 0.350. The summed E-state index contributed by atoms with van der Waals surface area (Å²) in [7, 11) is -8.36. The average molecular weight is 460 g/mol. The number of phosphoric ester groups is 1. The number of hydrogen-bond donors (Lipinski definition) is 3. The Morgan fingerprint density at radius 1 is 0.700 bits per heavy atom. The molecule has 0 aliphatic carbocycles. The Morgan fingerprint density at radius 3 is 1.53 bits per heavy atom. The van der Waals surface area contributed by atoms with Crippen LogP contribution in [0.25, 0.3) is 0 Å². The molecule has 168 valence electrons. The van der Waals surface area contributed by atoms with Crippen molar-refractivity contribution in [1.29, 1.82) is 0 Å². The van der Waals surface area contributed by atoms with Gasteiger partial charge < -0.3 is 23.7 Å². The van der Waals surface area contributed by atoms with E-state index in [1.807, 2.05) is 36.4 Å². The van der Waals surface area contributed by atoms with Gasteiger partial charge >= 0.3 is 15.6 Å². The fraction of sp³-hybridized carbons (Fsp3) is 0.400. The molecule has 0 unspecified atom stereocenters. The molecule has 8 nitrogen and oxygen atoms in total. The lowest BCUT2D eigenvalue weighted by Gasteiger charge is -2.19. The maximum Gasteiger partial charge on any atom is 0.587 e. The number of benzene rings is 2. The van der Waals surface area contributed by atoms with Crippen LogP contribution in [0.4, 0.5) is 0 Å². The van der Waals surface area contributed by atoms with Crippen LogP contribution in [0.15, 0.2) is 60.7 Å². The van der Waals surface area contributed by atoms with Gasteiger partial charge in [0.2, 0.25) is 0 Å². The Hall–Kier alpha value is -1.66. The van der Waals surface area contributed by atoms with Crippen LogP contribution in [0.1, 0.15) is 45.4 Å². The van der Waals surface area contributed by atoms with Gasteiger partial charge in [0.1, 0.15) is 11.5 Å². The van der Waals surface area contributed by atoms with Gasteiger partial charge in [-0.3, -0.25) is 4.52 Å². The van der Waals surface area contributed by atoms with Crippen LogP contribution in [-0.2, 0) is 13.7 Å². The molecule has 2 rings (SSSR count). The van der Waals surface area contributed by atoms with Crippen LogP contribution in [-0.4, -0.2) is 21.3 Å². The first-order valence-corrected chi connectivity index (χ1v) is 12.8. The minimum Gasteiger partial charge on any atom is -0.395 e. The van der Waals surface area contributed by atoms with Crippen LogP contribution < -0.4 is 9.05 Å². The Morgan fingerprint density at radius 2 is 1.10 bits per heavy atom. The predicted molar refractivity (Wildman–Crippen MR) is 115 cm³/mol. The highest BCUT2D eigenvalue weighted by Crippen LogP contribution is 2.49. The second kappa shape index (κ2) is 14.4. The quantitative estimate of drug-likeness (QED) is 0.272. The van der Waals surface area contributed by atoms with Crippen LogP contribution >= 0.6 is 15.6 Å². The molecule has 2 aromatic rings. The standard InChI is InChI=1S/C20H27O4P.H3O4P/c1-2-3-4-5-6-13-18-22-25(21,23-19-14-9-7-10-15-19)24-20-16-11-8-12-17-20;1-5(2,3)4/h7-12,14-17H,2-6,13,18H2,1H3;(H3,1,2,3,4). The van der Waals surface area contributed by atoms with E-state index in [-0.39, 0.29) is 0 Å². The molecule has 0 fully saturated rings. The molecular formula is C20H30O8P2. The highest BCUT2D eigenvalue weighted by molar-refractivity contribution is 7.49. The molecule has 0 spiro atoms. The number of rotatable bonds is 12. The first-order valence-electron chi connectivity index (χ1n) is 9.74. The summed E-state index contributed by atoms with van der Waals surface area (Å²) in [5.74, 6) is 0.925. The maximum absolute atomic E-state index is 13.0. The van der Waals surface area contributed by atoms with E-state index in [0.717, 1.165) is 12.8 Å².